The van der Waals surface area contributed by atoms with Crippen LogP contribution < -0.4 is 5.32 Å². The molecule has 0 aromatic carbocycles. The van der Waals surface area contributed by atoms with E-state index in [1.54, 1.807) is 13.8 Å². The van der Waals surface area contributed by atoms with Gasteiger partial charge >= 0.3 is 0 Å². The van der Waals surface area contributed by atoms with Crippen molar-refractivity contribution in [2.45, 2.75) is 20.0 Å². The van der Waals surface area contributed by atoms with Crippen molar-refractivity contribution >= 4 is 5.91 Å². The SMILES string of the molecule is Cc1ncoc1C(=O)NC[C@H](C)O. The van der Waals surface area contributed by atoms with E-state index < -0.39 is 6.10 Å². The summed E-state index contributed by atoms with van der Waals surface area (Å²) in [5.74, 6) is -0.156. The monoisotopic (exact) mass is 184 g/mol. The number of carbonyl (C=O) groups is 1. The number of hydrogen-bond acceptors (Lipinski definition) is 4. The Morgan fingerprint density at radius 3 is 3.00 bits per heavy atom. The third-order valence-corrected chi connectivity index (χ3v) is 1.51. The van der Waals surface area contributed by atoms with Gasteiger partial charge in [-0.1, -0.05) is 0 Å². The Hall–Kier alpha value is -1.36. The minimum Gasteiger partial charge on any atom is -0.438 e. The minimum atomic E-state index is -0.563. The molecule has 2 N–H and O–H groups in total. The molecule has 0 aliphatic rings. The fraction of sp³-hybridized carbons (Fsp3) is 0.500. The van der Waals surface area contributed by atoms with Crippen molar-refractivity contribution in [3.8, 4) is 0 Å². The first-order valence-electron chi connectivity index (χ1n) is 3.97. The van der Waals surface area contributed by atoms with Gasteiger partial charge in [-0.15, -0.1) is 0 Å². The molecular weight excluding hydrogens is 172 g/mol. The zero-order valence-electron chi connectivity index (χ0n) is 7.57. The number of carbonyl (C=O) groups excluding carboxylic acids is 1. The van der Waals surface area contributed by atoms with E-state index >= 15 is 0 Å². The molecule has 0 bridgehead atoms. The lowest BCUT2D eigenvalue weighted by Crippen LogP contribution is -2.30. The van der Waals surface area contributed by atoms with E-state index in [0.717, 1.165) is 0 Å². The van der Waals surface area contributed by atoms with Crippen molar-refractivity contribution in [3.05, 3.63) is 17.8 Å². The summed E-state index contributed by atoms with van der Waals surface area (Å²) in [4.78, 5) is 15.0. The average molecular weight is 184 g/mol. The van der Waals surface area contributed by atoms with Crippen LogP contribution in [0.15, 0.2) is 10.8 Å². The number of aliphatic hydroxyl groups excluding tert-OH is 1. The lowest BCUT2D eigenvalue weighted by Gasteiger charge is -2.04. The third-order valence-electron chi connectivity index (χ3n) is 1.51. The molecule has 13 heavy (non-hydrogen) atoms. The van der Waals surface area contributed by atoms with Crippen LogP contribution in [-0.2, 0) is 0 Å². The summed E-state index contributed by atoms with van der Waals surface area (Å²) in [6.45, 7) is 3.48. The summed E-state index contributed by atoms with van der Waals surface area (Å²) in [5, 5.41) is 11.4. The molecule has 0 fully saturated rings. The van der Waals surface area contributed by atoms with Crippen LogP contribution in [0.4, 0.5) is 0 Å². The molecule has 0 aliphatic carbocycles. The number of oxazole rings is 1. The van der Waals surface area contributed by atoms with Gasteiger partial charge in [-0.3, -0.25) is 4.79 Å². The zero-order chi connectivity index (χ0) is 9.84. The number of aromatic nitrogens is 1. The van der Waals surface area contributed by atoms with Crippen molar-refractivity contribution in [2.24, 2.45) is 0 Å². The van der Waals surface area contributed by atoms with E-state index in [1.165, 1.54) is 6.39 Å². The lowest BCUT2D eigenvalue weighted by atomic mass is 10.3. The first kappa shape index (κ1) is 9.73. The number of aryl methyl sites for hydroxylation is 1. The largest absolute Gasteiger partial charge is 0.438 e. The van der Waals surface area contributed by atoms with E-state index in [1.807, 2.05) is 0 Å². The lowest BCUT2D eigenvalue weighted by molar-refractivity contribution is 0.0895. The minimum absolute atomic E-state index is 0.195. The van der Waals surface area contributed by atoms with Crippen molar-refractivity contribution < 1.29 is 14.3 Å². The number of hydrogen-bond donors (Lipinski definition) is 2. The number of nitrogens with one attached hydrogen (secondary N) is 1. The van der Waals surface area contributed by atoms with E-state index in [0.29, 0.717) is 5.69 Å². The number of rotatable bonds is 3. The molecule has 1 atom stereocenters. The number of nitrogens with zero attached hydrogens (tertiary/aromatic N) is 1. The predicted octanol–water partition coefficient (Wildman–Crippen LogP) is 0.0936. The van der Waals surface area contributed by atoms with Gasteiger partial charge in [0.15, 0.2) is 6.39 Å². The van der Waals surface area contributed by atoms with Gasteiger partial charge < -0.3 is 14.8 Å². The van der Waals surface area contributed by atoms with Gasteiger partial charge in [0, 0.05) is 6.54 Å². The molecule has 0 radical (unpaired) electrons. The quantitative estimate of drug-likeness (QED) is 0.698. The summed E-state index contributed by atoms with van der Waals surface area (Å²) in [6.07, 6.45) is 0.652. The highest BCUT2D eigenvalue weighted by Crippen LogP contribution is 2.03. The molecule has 5 nitrogen and oxygen atoms in total. The first-order chi connectivity index (χ1) is 6.11. The maximum absolute atomic E-state index is 11.3. The molecule has 1 aromatic rings. The van der Waals surface area contributed by atoms with Crippen LogP contribution in [0.1, 0.15) is 23.2 Å². The Balaban J connectivity index is 2.54. The Morgan fingerprint density at radius 1 is 1.85 bits per heavy atom. The molecule has 0 spiro atoms. The van der Waals surface area contributed by atoms with Crippen LogP contribution in [0.5, 0.6) is 0 Å². The zero-order valence-corrected chi connectivity index (χ0v) is 7.57. The summed E-state index contributed by atoms with van der Waals surface area (Å²) < 4.78 is 4.85. The maximum atomic E-state index is 11.3. The molecular formula is C8H12N2O3. The van der Waals surface area contributed by atoms with Crippen LogP contribution in [0, 0.1) is 6.92 Å². The van der Waals surface area contributed by atoms with E-state index in [4.69, 9.17) is 9.52 Å². The number of aliphatic hydroxyl groups is 1. The van der Waals surface area contributed by atoms with E-state index in [9.17, 15) is 4.79 Å². The van der Waals surface area contributed by atoms with E-state index in [2.05, 4.69) is 10.3 Å². The second-order valence-electron chi connectivity index (χ2n) is 2.83. The summed E-state index contributed by atoms with van der Waals surface area (Å²) >= 11 is 0. The van der Waals surface area contributed by atoms with Crippen molar-refractivity contribution in [2.75, 3.05) is 6.54 Å². The molecule has 1 heterocycles. The normalized spacial score (nSPS) is 12.5. The molecule has 1 amide bonds. The highest BCUT2D eigenvalue weighted by atomic mass is 16.3. The number of amides is 1. The van der Waals surface area contributed by atoms with Gasteiger partial charge in [-0.05, 0) is 13.8 Å². The van der Waals surface area contributed by atoms with Gasteiger partial charge in [-0.25, -0.2) is 4.98 Å². The van der Waals surface area contributed by atoms with Crippen LogP contribution in [0.2, 0.25) is 0 Å². The first-order valence-corrected chi connectivity index (χ1v) is 3.97. The standard InChI is InChI=1S/C8H12N2O3/c1-5(11)3-9-8(12)7-6(2)10-4-13-7/h4-5,11H,3H2,1-2H3,(H,9,12)/t5-/m0/s1. The molecule has 0 unspecified atom stereocenters. The fourth-order valence-corrected chi connectivity index (χ4v) is 0.841. The highest BCUT2D eigenvalue weighted by Gasteiger charge is 2.13. The molecule has 1 aromatic heterocycles. The molecule has 0 saturated carbocycles. The Morgan fingerprint density at radius 2 is 2.54 bits per heavy atom. The van der Waals surface area contributed by atoms with Gasteiger partial charge in [-0.2, -0.15) is 0 Å². The fourth-order valence-electron chi connectivity index (χ4n) is 0.841. The second kappa shape index (κ2) is 4.04. The van der Waals surface area contributed by atoms with E-state index in [-0.39, 0.29) is 18.2 Å². The van der Waals surface area contributed by atoms with Gasteiger partial charge in [0.25, 0.3) is 5.91 Å². The maximum Gasteiger partial charge on any atom is 0.289 e. The van der Waals surface area contributed by atoms with Gasteiger partial charge in [0.1, 0.15) is 0 Å². The van der Waals surface area contributed by atoms with Crippen LogP contribution in [-0.4, -0.2) is 28.6 Å². The Labute approximate surface area is 75.8 Å². The Bertz CT molecular complexity index is 293. The molecule has 5 heteroatoms. The molecule has 0 aliphatic heterocycles. The molecule has 0 saturated heterocycles. The smallest absolute Gasteiger partial charge is 0.289 e. The predicted molar refractivity (Wildman–Crippen MR) is 45.3 cm³/mol. The second-order valence-corrected chi connectivity index (χ2v) is 2.83. The van der Waals surface area contributed by atoms with Crippen molar-refractivity contribution in [3.63, 3.8) is 0 Å². The van der Waals surface area contributed by atoms with Gasteiger partial charge in [0.05, 0.1) is 11.8 Å². The van der Waals surface area contributed by atoms with Crippen molar-refractivity contribution in [1.29, 1.82) is 0 Å². The summed E-state index contributed by atoms with van der Waals surface area (Å²) in [6, 6.07) is 0. The highest BCUT2D eigenvalue weighted by molar-refractivity contribution is 5.92. The Kier molecular flexibility index (Phi) is 3.02. The van der Waals surface area contributed by atoms with Gasteiger partial charge in [0.2, 0.25) is 5.76 Å². The topological polar surface area (TPSA) is 75.4 Å². The molecule has 72 valence electrons. The molecule has 1 rings (SSSR count). The third kappa shape index (κ3) is 2.55. The average Bonchev–Trinajstić information content (AvgIpc) is 2.47. The van der Waals surface area contributed by atoms with Crippen LogP contribution in [0.3, 0.4) is 0 Å². The summed E-state index contributed by atoms with van der Waals surface area (Å²) in [5.41, 5.74) is 0.545. The van der Waals surface area contributed by atoms with Crippen LogP contribution in [0.25, 0.3) is 0 Å². The van der Waals surface area contributed by atoms with Crippen molar-refractivity contribution in [1.82, 2.24) is 10.3 Å². The summed E-state index contributed by atoms with van der Waals surface area (Å²) in [7, 11) is 0. The van der Waals surface area contributed by atoms with Crippen LogP contribution >= 0.6 is 0 Å².